The van der Waals surface area contributed by atoms with Crippen LogP contribution in [0.25, 0.3) is 11.2 Å². The molecule has 0 radical (unpaired) electrons. The number of amides is 1. The first-order valence-corrected chi connectivity index (χ1v) is 16.8. The lowest BCUT2D eigenvalue weighted by molar-refractivity contribution is -0.160. The standard InChI is InChI=1S/C35H35N6O3P/c1-23(32(36)42)19-24-20-28(31-30(24)43-35(2,3)44-31)41-22-39-29-33(37-21-38-34(29)41)40-45(25-13-7-4-8-14-25,26-15-9-5-10-16-26)27-17-11-6-12-18-27/h4-18,21-22,24,28,30-31H,1,19-20H2,2-3H3,(H2,36,42)/t24-,28+,30+,31-/m0/s1. The van der Waals surface area contributed by atoms with Crippen molar-refractivity contribution in [3.05, 3.63) is 116 Å². The second-order valence-electron chi connectivity index (χ2n) is 12.1. The third-order valence-corrected chi connectivity index (χ3v) is 12.4. The molecule has 2 aliphatic rings. The van der Waals surface area contributed by atoms with Gasteiger partial charge in [-0.3, -0.25) is 4.79 Å². The van der Waals surface area contributed by atoms with Crippen LogP contribution in [0.3, 0.4) is 0 Å². The van der Waals surface area contributed by atoms with Crippen molar-refractivity contribution in [2.24, 2.45) is 16.4 Å². The molecule has 1 aliphatic heterocycles. The van der Waals surface area contributed by atoms with Gasteiger partial charge < -0.3 is 19.8 Å². The van der Waals surface area contributed by atoms with E-state index >= 15 is 0 Å². The Bertz CT molecular complexity index is 1820. The lowest BCUT2D eigenvalue weighted by atomic mass is 9.96. The van der Waals surface area contributed by atoms with Gasteiger partial charge in [0, 0.05) is 21.5 Å². The summed E-state index contributed by atoms with van der Waals surface area (Å²) in [6.45, 7) is 7.73. The van der Waals surface area contributed by atoms with E-state index in [0.29, 0.717) is 35.4 Å². The fourth-order valence-electron chi connectivity index (χ4n) is 6.80. The smallest absolute Gasteiger partial charge is 0.244 e. The van der Waals surface area contributed by atoms with Crippen molar-refractivity contribution in [3.8, 4) is 0 Å². The van der Waals surface area contributed by atoms with E-state index in [0.717, 1.165) is 15.9 Å². The molecule has 9 nitrogen and oxygen atoms in total. The number of benzene rings is 3. The maximum atomic E-state index is 11.9. The Hall–Kier alpha value is -4.43. The number of nitrogens with two attached hydrogens (primary N) is 1. The van der Waals surface area contributed by atoms with E-state index < -0.39 is 18.7 Å². The largest absolute Gasteiger partial charge is 0.366 e. The van der Waals surface area contributed by atoms with Crippen molar-refractivity contribution in [2.45, 2.75) is 50.7 Å². The van der Waals surface area contributed by atoms with Gasteiger partial charge in [0.1, 0.15) is 12.4 Å². The minimum absolute atomic E-state index is 0.00182. The summed E-state index contributed by atoms with van der Waals surface area (Å²) in [5.41, 5.74) is 7.22. The number of primary amides is 1. The molecule has 0 bridgehead atoms. The van der Waals surface area contributed by atoms with Gasteiger partial charge in [-0.1, -0.05) is 97.6 Å². The van der Waals surface area contributed by atoms with Gasteiger partial charge in [-0.2, -0.15) is 0 Å². The number of fused-ring (bicyclic) bond motifs is 2. The average Bonchev–Trinajstić information content (AvgIpc) is 3.72. The molecule has 3 heterocycles. The molecule has 4 atom stereocenters. The van der Waals surface area contributed by atoms with Gasteiger partial charge in [-0.25, -0.2) is 19.7 Å². The number of imidazole rings is 1. The summed E-state index contributed by atoms with van der Waals surface area (Å²) in [5, 5.41) is 3.34. The summed E-state index contributed by atoms with van der Waals surface area (Å²) < 4.78 is 20.4. The van der Waals surface area contributed by atoms with Crippen molar-refractivity contribution in [3.63, 3.8) is 0 Å². The Labute approximate surface area is 262 Å². The number of hydrogen-bond donors (Lipinski definition) is 1. The Morgan fingerprint density at radius 2 is 1.47 bits per heavy atom. The maximum Gasteiger partial charge on any atom is 0.244 e. The van der Waals surface area contributed by atoms with Crippen LogP contribution in [0.5, 0.6) is 0 Å². The maximum absolute atomic E-state index is 11.9. The minimum Gasteiger partial charge on any atom is -0.366 e. The number of hydrogen-bond acceptors (Lipinski definition) is 7. The molecule has 2 fully saturated rings. The minimum atomic E-state index is -2.58. The van der Waals surface area contributed by atoms with E-state index in [1.54, 1.807) is 12.7 Å². The van der Waals surface area contributed by atoms with Crippen LogP contribution >= 0.6 is 7.05 Å². The zero-order chi connectivity index (χ0) is 31.2. The van der Waals surface area contributed by atoms with Gasteiger partial charge in [0.25, 0.3) is 0 Å². The molecule has 1 amide bonds. The molecular weight excluding hydrogens is 583 g/mol. The number of ether oxygens (including phenoxy) is 2. The fourth-order valence-corrected chi connectivity index (χ4v) is 10.3. The van der Waals surface area contributed by atoms with Gasteiger partial charge in [0.15, 0.2) is 22.8 Å². The van der Waals surface area contributed by atoms with E-state index in [4.69, 9.17) is 34.9 Å². The molecular formula is C35H35N6O3P. The number of rotatable bonds is 8. The van der Waals surface area contributed by atoms with Crippen molar-refractivity contribution < 1.29 is 14.3 Å². The molecule has 7 rings (SSSR count). The molecule has 5 aromatic rings. The molecule has 3 aromatic carbocycles. The molecule has 1 saturated carbocycles. The molecule has 0 spiro atoms. The predicted octanol–water partition coefficient (Wildman–Crippen LogP) is 5.15. The average molecular weight is 619 g/mol. The van der Waals surface area contributed by atoms with Crippen LogP contribution in [-0.4, -0.2) is 43.4 Å². The SMILES string of the molecule is C=C(C[C@H]1C[C@@H](n2cnc3c(N=P(c4ccccc4)(c4ccccc4)c4ccccc4)ncnc32)[C@@H]2OC(C)(C)O[C@H]12)C(N)=O. The van der Waals surface area contributed by atoms with Gasteiger partial charge >= 0.3 is 0 Å². The Morgan fingerprint density at radius 3 is 2.02 bits per heavy atom. The number of carbonyl (C=O) groups excluding carboxylic acids is 1. The number of aromatic nitrogens is 4. The van der Waals surface area contributed by atoms with Crippen molar-refractivity contribution in [1.82, 2.24) is 19.5 Å². The molecule has 228 valence electrons. The van der Waals surface area contributed by atoms with E-state index in [-0.39, 0.29) is 24.2 Å². The Balaban J connectivity index is 1.39. The van der Waals surface area contributed by atoms with E-state index in [1.165, 1.54) is 0 Å². The zero-order valence-electron chi connectivity index (χ0n) is 25.2. The third kappa shape index (κ3) is 5.21. The first-order chi connectivity index (χ1) is 21.8. The van der Waals surface area contributed by atoms with Crippen molar-refractivity contribution in [2.75, 3.05) is 0 Å². The highest BCUT2D eigenvalue weighted by molar-refractivity contribution is 7.87. The highest BCUT2D eigenvalue weighted by Crippen LogP contribution is 2.51. The summed E-state index contributed by atoms with van der Waals surface area (Å²) in [6, 6.07) is 31.1. The predicted molar refractivity (Wildman–Crippen MR) is 176 cm³/mol. The first-order valence-electron chi connectivity index (χ1n) is 15.1. The Morgan fingerprint density at radius 1 is 0.911 bits per heavy atom. The zero-order valence-corrected chi connectivity index (χ0v) is 26.1. The van der Waals surface area contributed by atoms with Crippen molar-refractivity contribution >= 4 is 45.9 Å². The van der Waals surface area contributed by atoms with Crippen LogP contribution in [0.2, 0.25) is 0 Å². The summed E-state index contributed by atoms with van der Waals surface area (Å²) in [7, 11) is -2.58. The normalized spacial score (nSPS) is 22.3. The summed E-state index contributed by atoms with van der Waals surface area (Å²) >= 11 is 0. The van der Waals surface area contributed by atoms with Crippen molar-refractivity contribution in [1.29, 1.82) is 0 Å². The van der Waals surface area contributed by atoms with Crippen LogP contribution in [0.4, 0.5) is 5.82 Å². The highest BCUT2D eigenvalue weighted by Gasteiger charge is 2.54. The molecule has 45 heavy (non-hydrogen) atoms. The summed E-state index contributed by atoms with van der Waals surface area (Å²) in [6.07, 6.45) is 4.00. The molecule has 2 N–H and O–H groups in total. The first kappa shape index (κ1) is 29.3. The fraction of sp³-hybridized carbons (Fsp3) is 0.257. The Kier molecular flexibility index (Phi) is 7.48. The summed E-state index contributed by atoms with van der Waals surface area (Å²) in [5.74, 6) is -0.738. The molecule has 1 saturated heterocycles. The van der Waals surface area contributed by atoms with E-state index in [2.05, 4.69) is 83.9 Å². The lowest BCUT2D eigenvalue weighted by Crippen LogP contribution is -2.27. The van der Waals surface area contributed by atoms with E-state index in [9.17, 15) is 4.79 Å². The number of nitrogens with zero attached hydrogens (tertiary/aromatic N) is 5. The second kappa shape index (κ2) is 11.5. The topological polar surface area (TPSA) is 118 Å². The third-order valence-electron chi connectivity index (χ3n) is 8.74. The van der Waals surface area contributed by atoms with Gasteiger partial charge in [0.05, 0.1) is 25.5 Å². The van der Waals surface area contributed by atoms with Crippen LogP contribution in [-0.2, 0) is 14.3 Å². The van der Waals surface area contributed by atoms with Crippen LogP contribution in [0.15, 0.2) is 121 Å². The van der Waals surface area contributed by atoms with Crippen LogP contribution in [0, 0.1) is 5.92 Å². The highest BCUT2D eigenvalue weighted by atomic mass is 31.2. The molecule has 1 aliphatic carbocycles. The van der Waals surface area contributed by atoms with Crippen LogP contribution in [0.1, 0.15) is 32.7 Å². The van der Waals surface area contributed by atoms with Crippen LogP contribution < -0.4 is 21.6 Å². The van der Waals surface area contributed by atoms with E-state index in [1.807, 2.05) is 32.0 Å². The monoisotopic (exact) mass is 618 g/mol. The second-order valence-corrected chi connectivity index (χ2v) is 15.1. The van der Waals surface area contributed by atoms with Gasteiger partial charge in [-0.15, -0.1) is 0 Å². The molecule has 10 heteroatoms. The quantitative estimate of drug-likeness (QED) is 0.190. The van der Waals surface area contributed by atoms with Gasteiger partial charge in [0.2, 0.25) is 5.91 Å². The molecule has 2 aromatic heterocycles. The number of carbonyl (C=O) groups is 1. The van der Waals surface area contributed by atoms with Gasteiger partial charge in [-0.05, 0) is 32.6 Å². The lowest BCUT2D eigenvalue weighted by Gasteiger charge is -2.26. The summed E-state index contributed by atoms with van der Waals surface area (Å²) in [4.78, 5) is 26.2. The molecule has 0 unspecified atom stereocenters.